The second kappa shape index (κ2) is 5.72. The summed E-state index contributed by atoms with van der Waals surface area (Å²) >= 11 is 0. The first-order valence-electron chi connectivity index (χ1n) is 6.81. The second-order valence-corrected chi connectivity index (χ2v) is 5.62. The van der Waals surface area contributed by atoms with Crippen LogP contribution in [0.15, 0.2) is 18.2 Å². The van der Waals surface area contributed by atoms with Crippen LogP contribution in [0.25, 0.3) is 0 Å². The maximum absolute atomic E-state index is 9.75. The molecular weight excluding hydrogens is 238 g/mol. The van der Waals surface area contributed by atoms with Crippen LogP contribution in [-0.4, -0.2) is 35.0 Å². The molecule has 4 nitrogen and oxygen atoms in total. The Morgan fingerprint density at radius 3 is 2.84 bits per heavy atom. The maximum atomic E-state index is 9.75. The number of aliphatic hydroxyl groups excluding tert-OH is 1. The summed E-state index contributed by atoms with van der Waals surface area (Å²) in [4.78, 5) is 2.38. The Balaban J connectivity index is 2.05. The van der Waals surface area contributed by atoms with Crippen molar-refractivity contribution in [3.63, 3.8) is 0 Å². The van der Waals surface area contributed by atoms with Gasteiger partial charge in [-0.2, -0.15) is 0 Å². The molecule has 4 N–H and O–H groups in total. The van der Waals surface area contributed by atoms with Crippen LogP contribution in [0.4, 0.5) is 0 Å². The molecule has 104 valence electrons. The largest absolute Gasteiger partial charge is 0.393 e. The Kier molecular flexibility index (Phi) is 4.22. The molecule has 2 unspecified atom stereocenters. The van der Waals surface area contributed by atoms with Gasteiger partial charge in [-0.1, -0.05) is 19.1 Å². The summed E-state index contributed by atoms with van der Waals surface area (Å²) < 4.78 is 0. The molecule has 1 fully saturated rings. The number of hydrogen-bond acceptors (Lipinski definition) is 3. The minimum Gasteiger partial charge on any atom is -0.393 e. The molecule has 1 aliphatic heterocycles. The van der Waals surface area contributed by atoms with Crippen molar-refractivity contribution in [1.29, 1.82) is 5.41 Å². The zero-order valence-electron chi connectivity index (χ0n) is 11.7. The van der Waals surface area contributed by atoms with Crippen LogP contribution in [0.3, 0.4) is 0 Å². The molecule has 1 aliphatic rings. The van der Waals surface area contributed by atoms with Gasteiger partial charge in [0.1, 0.15) is 5.84 Å². The molecule has 0 aliphatic carbocycles. The highest BCUT2D eigenvalue weighted by atomic mass is 16.3. The van der Waals surface area contributed by atoms with Crippen molar-refractivity contribution in [1.82, 2.24) is 4.90 Å². The zero-order chi connectivity index (χ0) is 14.0. The molecule has 0 bridgehead atoms. The first-order chi connectivity index (χ1) is 8.97. The van der Waals surface area contributed by atoms with Crippen molar-refractivity contribution in [2.75, 3.05) is 13.1 Å². The fourth-order valence-electron chi connectivity index (χ4n) is 2.64. The highest BCUT2D eigenvalue weighted by molar-refractivity contribution is 5.95. The van der Waals surface area contributed by atoms with Gasteiger partial charge in [0.15, 0.2) is 0 Å². The van der Waals surface area contributed by atoms with Gasteiger partial charge >= 0.3 is 0 Å². The summed E-state index contributed by atoms with van der Waals surface area (Å²) in [7, 11) is 0. The summed E-state index contributed by atoms with van der Waals surface area (Å²) in [6, 6.07) is 5.94. The van der Waals surface area contributed by atoms with Crippen LogP contribution in [0.1, 0.15) is 30.0 Å². The van der Waals surface area contributed by atoms with Crippen LogP contribution in [0, 0.1) is 18.3 Å². The third kappa shape index (κ3) is 3.33. The lowest BCUT2D eigenvalue weighted by Crippen LogP contribution is -2.41. The lowest BCUT2D eigenvalue weighted by Gasteiger charge is -2.34. The predicted molar refractivity (Wildman–Crippen MR) is 77.3 cm³/mol. The predicted octanol–water partition coefficient (Wildman–Crippen LogP) is 1.48. The molecule has 2 atom stereocenters. The molecule has 0 aromatic heterocycles. The van der Waals surface area contributed by atoms with Crippen molar-refractivity contribution >= 4 is 5.84 Å². The van der Waals surface area contributed by atoms with Gasteiger partial charge in [0.05, 0.1) is 6.10 Å². The lowest BCUT2D eigenvalue weighted by atomic mass is 9.95. The zero-order valence-corrected chi connectivity index (χ0v) is 11.7. The minimum atomic E-state index is -0.155. The van der Waals surface area contributed by atoms with Gasteiger partial charge in [0.2, 0.25) is 0 Å². The van der Waals surface area contributed by atoms with E-state index in [1.807, 2.05) is 12.1 Å². The summed E-state index contributed by atoms with van der Waals surface area (Å²) in [6.07, 6.45) is 0.698. The van der Waals surface area contributed by atoms with Crippen LogP contribution >= 0.6 is 0 Å². The molecular formula is C15H23N3O. The van der Waals surface area contributed by atoms with E-state index >= 15 is 0 Å². The van der Waals surface area contributed by atoms with E-state index in [1.165, 1.54) is 11.1 Å². The number of nitrogens with two attached hydrogens (primary N) is 1. The average Bonchev–Trinajstić information content (AvgIpc) is 2.36. The number of nitrogen functional groups attached to an aromatic ring is 1. The number of aryl methyl sites for hydroxylation is 1. The van der Waals surface area contributed by atoms with Crippen molar-refractivity contribution in [2.24, 2.45) is 11.7 Å². The summed E-state index contributed by atoms with van der Waals surface area (Å²) in [6.45, 7) is 6.95. The van der Waals surface area contributed by atoms with Crippen LogP contribution in [0.5, 0.6) is 0 Å². The molecule has 0 saturated carbocycles. The first kappa shape index (κ1) is 14.0. The van der Waals surface area contributed by atoms with Gasteiger partial charge in [0.25, 0.3) is 0 Å². The van der Waals surface area contributed by atoms with E-state index in [2.05, 4.69) is 24.8 Å². The van der Waals surface area contributed by atoms with E-state index in [0.29, 0.717) is 5.92 Å². The Bertz CT molecular complexity index is 472. The number of likely N-dealkylation sites (tertiary alicyclic amines) is 1. The van der Waals surface area contributed by atoms with Gasteiger partial charge in [-0.15, -0.1) is 0 Å². The molecule has 1 heterocycles. The Morgan fingerprint density at radius 2 is 2.26 bits per heavy atom. The topological polar surface area (TPSA) is 73.3 Å². The van der Waals surface area contributed by atoms with E-state index in [-0.39, 0.29) is 11.9 Å². The van der Waals surface area contributed by atoms with Crippen molar-refractivity contribution < 1.29 is 5.11 Å². The molecule has 1 aromatic carbocycles. The molecule has 1 saturated heterocycles. The number of amidine groups is 1. The SMILES string of the molecule is Cc1cc(C(=N)N)ccc1CN1CCC(O)C(C)C1. The molecule has 1 aromatic rings. The average molecular weight is 261 g/mol. The van der Waals surface area contributed by atoms with E-state index in [4.69, 9.17) is 11.1 Å². The third-order valence-electron chi connectivity index (χ3n) is 3.99. The normalized spacial score (nSPS) is 24.4. The van der Waals surface area contributed by atoms with Crippen molar-refractivity contribution in [2.45, 2.75) is 32.9 Å². The molecule has 0 amide bonds. The number of hydrogen-bond donors (Lipinski definition) is 3. The van der Waals surface area contributed by atoms with Gasteiger partial charge in [0, 0.05) is 25.2 Å². The van der Waals surface area contributed by atoms with Gasteiger partial charge in [-0.05, 0) is 36.5 Å². The van der Waals surface area contributed by atoms with Crippen LogP contribution in [0.2, 0.25) is 0 Å². The number of nitrogens with zero attached hydrogens (tertiary/aromatic N) is 1. The number of rotatable bonds is 3. The molecule has 19 heavy (non-hydrogen) atoms. The maximum Gasteiger partial charge on any atom is 0.122 e. The van der Waals surface area contributed by atoms with E-state index in [0.717, 1.165) is 31.6 Å². The van der Waals surface area contributed by atoms with Gasteiger partial charge in [-0.25, -0.2) is 0 Å². The molecule has 2 rings (SSSR count). The molecule has 4 heteroatoms. The monoisotopic (exact) mass is 261 g/mol. The van der Waals surface area contributed by atoms with E-state index < -0.39 is 0 Å². The highest BCUT2D eigenvalue weighted by Crippen LogP contribution is 2.20. The van der Waals surface area contributed by atoms with E-state index in [9.17, 15) is 5.11 Å². The molecule has 0 radical (unpaired) electrons. The van der Waals surface area contributed by atoms with Crippen molar-refractivity contribution in [3.05, 3.63) is 34.9 Å². The van der Waals surface area contributed by atoms with E-state index in [1.54, 1.807) is 0 Å². The smallest absolute Gasteiger partial charge is 0.122 e. The van der Waals surface area contributed by atoms with Crippen LogP contribution in [-0.2, 0) is 6.54 Å². The standard InChI is InChI=1S/C15H23N3O/c1-10-7-12(15(16)17)3-4-13(10)9-18-6-5-14(19)11(2)8-18/h3-4,7,11,14,19H,5-6,8-9H2,1-2H3,(H3,16,17). The summed E-state index contributed by atoms with van der Waals surface area (Å²) in [5.74, 6) is 0.454. The molecule has 0 spiro atoms. The third-order valence-corrected chi connectivity index (χ3v) is 3.99. The summed E-state index contributed by atoms with van der Waals surface area (Å²) in [5, 5.41) is 17.2. The Morgan fingerprint density at radius 1 is 1.53 bits per heavy atom. The summed E-state index contributed by atoms with van der Waals surface area (Å²) in [5.41, 5.74) is 8.72. The van der Waals surface area contributed by atoms with Gasteiger partial charge in [-0.3, -0.25) is 10.3 Å². The number of nitrogens with one attached hydrogen (secondary N) is 1. The highest BCUT2D eigenvalue weighted by Gasteiger charge is 2.24. The van der Waals surface area contributed by atoms with Crippen LogP contribution < -0.4 is 5.73 Å². The fraction of sp³-hybridized carbons (Fsp3) is 0.533. The first-order valence-corrected chi connectivity index (χ1v) is 6.81. The van der Waals surface area contributed by atoms with Crippen molar-refractivity contribution in [3.8, 4) is 0 Å². The number of piperidine rings is 1. The fourth-order valence-corrected chi connectivity index (χ4v) is 2.64. The Hall–Kier alpha value is -1.39. The number of benzene rings is 1. The Labute approximate surface area is 114 Å². The minimum absolute atomic E-state index is 0.115. The quantitative estimate of drug-likeness (QED) is 0.570. The lowest BCUT2D eigenvalue weighted by molar-refractivity contribution is 0.0319. The van der Waals surface area contributed by atoms with Gasteiger partial charge < -0.3 is 10.8 Å². The number of aliphatic hydroxyl groups is 1. The second-order valence-electron chi connectivity index (χ2n) is 5.62.